The number of hydrogen-bond donors (Lipinski definition) is 1. The Bertz CT molecular complexity index is 141. The van der Waals surface area contributed by atoms with Crippen LogP contribution in [-0.2, 0) is 8.37 Å². The van der Waals surface area contributed by atoms with E-state index in [2.05, 4.69) is 13.2 Å². The van der Waals surface area contributed by atoms with Gasteiger partial charge in [-0.15, -0.1) is 6.58 Å². The number of aliphatic hydroxyl groups is 1. The Morgan fingerprint density at radius 1 is 1.38 bits per heavy atom. The molecule has 1 atom stereocenters. The van der Waals surface area contributed by atoms with Crippen molar-refractivity contribution >= 4 is 24.1 Å². The summed E-state index contributed by atoms with van der Waals surface area (Å²) in [6.45, 7) is 7.72. The van der Waals surface area contributed by atoms with Gasteiger partial charge in [-0.3, -0.25) is 0 Å². The van der Waals surface area contributed by atoms with Gasteiger partial charge in [0, 0.05) is 17.8 Å². The van der Waals surface area contributed by atoms with E-state index in [1.54, 1.807) is 11.5 Å². The summed E-state index contributed by atoms with van der Waals surface area (Å²) in [5.41, 5.74) is 0. The minimum atomic E-state index is -0.512. The van der Waals surface area contributed by atoms with Crippen molar-refractivity contribution in [2.45, 2.75) is 6.10 Å². The Kier molecular flexibility index (Phi) is 10.2. The highest BCUT2D eigenvalue weighted by Gasteiger charge is 2.04. The predicted octanol–water partition coefficient (Wildman–Crippen LogP) is 2.01. The topological polar surface area (TPSA) is 38.7 Å². The van der Waals surface area contributed by atoms with Gasteiger partial charge in [0.05, 0.1) is 19.3 Å². The van der Waals surface area contributed by atoms with Crippen LogP contribution in [0.15, 0.2) is 24.6 Å². The number of hydrogen-bond acceptors (Lipinski definition) is 5. The van der Waals surface area contributed by atoms with E-state index < -0.39 is 6.10 Å². The first-order chi connectivity index (χ1) is 6.31. The molecule has 0 heterocycles. The standard InChI is InChI=1S/C8H14O3S2/c1-3-5-10-13-7-8(9)6-11-12-4-2/h3-4,8-9H,1-2,5-7H2. The fourth-order valence-electron chi connectivity index (χ4n) is 0.437. The first kappa shape index (κ1) is 13.1. The molecule has 3 nitrogen and oxygen atoms in total. The molecule has 1 N–H and O–H groups in total. The molecule has 0 amide bonds. The molecule has 0 aliphatic carbocycles. The molecule has 76 valence electrons. The Labute approximate surface area is 87.6 Å². The lowest BCUT2D eigenvalue weighted by atomic mass is 10.4. The van der Waals surface area contributed by atoms with Crippen LogP contribution in [0.25, 0.3) is 0 Å². The third-order valence-corrected chi connectivity index (χ3v) is 2.16. The molecule has 0 saturated heterocycles. The van der Waals surface area contributed by atoms with Gasteiger partial charge in [-0.25, -0.2) is 0 Å². The van der Waals surface area contributed by atoms with Crippen LogP contribution in [0.2, 0.25) is 0 Å². The zero-order chi connectivity index (χ0) is 9.94. The highest BCUT2D eigenvalue weighted by Crippen LogP contribution is 2.08. The maximum atomic E-state index is 9.28. The van der Waals surface area contributed by atoms with Crippen molar-refractivity contribution in [1.29, 1.82) is 0 Å². The molecule has 0 radical (unpaired) electrons. The molecule has 0 saturated carbocycles. The Morgan fingerprint density at radius 2 is 2.15 bits per heavy atom. The molecule has 13 heavy (non-hydrogen) atoms. The fraction of sp³-hybridized carbons (Fsp3) is 0.500. The van der Waals surface area contributed by atoms with Crippen LogP contribution in [0.1, 0.15) is 0 Å². The van der Waals surface area contributed by atoms with Crippen molar-refractivity contribution in [3.8, 4) is 0 Å². The van der Waals surface area contributed by atoms with E-state index in [4.69, 9.17) is 8.37 Å². The smallest absolute Gasteiger partial charge is 0.0899 e. The zero-order valence-corrected chi connectivity index (χ0v) is 8.98. The highest BCUT2D eigenvalue weighted by atomic mass is 32.2. The van der Waals surface area contributed by atoms with Crippen molar-refractivity contribution in [3.63, 3.8) is 0 Å². The van der Waals surface area contributed by atoms with E-state index in [0.29, 0.717) is 12.4 Å². The van der Waals surface area contributed by atoms with Gasteiger partial charge in [0.15, 0.2) is 0 Å². The molecule has 0 aliphatic rings. The molecule has 0 spiro atoms. The van der Waals surface area contributed by atoms with Gasteiger partial charge in [0.1, 0.15) is 0 Å². The van der Waals surface area contributed by atoms with Crippen LogP contribution in [-0.4, -0.2) is 30.2 Å². The van der Waals surface area contributed by atoms with E-state index in [1.807, 2.05) is 0 Å². The summed E-state index contributed by atoms with van der Waals surface area (Å²) in [5, 5.41) is 10.8. The van der Waals surface area contributed by atoms with Crippen molar-refractivity contribution in [2.24, 2.45) is 0 Å². The van der Waals surface area contributed by atoms with Gasteiger partial charge >= 0.3 is 0 Å². The molecular formula is C8H14O3S2. The predicted molar refractivity (Wildman–Crippen MR) is 58.4 cm³/mol. The first-order valence-corrected chi connectivity index (χ1v) is 5.45. The number of rotatable bonds is 9. The second kappa shape index (κ2) is 10.1. The molecule has 5 heteroatoms. The Balaban J connectivity index is 3.14. The summed E-state index contributed by atoms with van der Waals surface area (Å²) in [6, 6.07) is 0. The SMILES string of the molecule is C=CCOSCC(O)COSC=C. The summed E-state index contributed by atoms with van der Waals surface area (Å²) in [4.78, 5) is 0. The van der Waals surface area contributed by atoms with E-state index >= 15 is 0 Å². The minimum Gasteiger partial charge on any atom is -0.390 e. The largest absolute Gasteiger partial charge is 0.390 e. The quantitative estimate of drug-likeness (QED) is 0.367. The van der Waals surface area contributed by atoms with Crippen LogP contribution < -0.4 is 0 Å². The molecule has 0 fully saturated rings. The van der Waals surface area contributed by atoms with E-state index in [9.17, 15) is 5.11 Å². The van der Waals surface area contributed by atoms with Crippen molar-refractivity contribution < 1.29 is 13.5 Å². The lowest BCUT2D eigenvalue weighted by Crippen LogP contribution is -2.16. The second-order valence-electron chi connectivity index (χ2n) is 2.06. The Hall–Kier alpha value is 0.0600. The first-order valence-electron chi connectivity index (χ1n) is 3.73. The normalized spacial score (nSPS) is 12.4. The van der Waals surface area contributed by atoms with E-state index in [-0.39, 0.29) is 6.61 Å². The summed E-state index contributed by atoms with van der Waals surface area (Å²) >= 11 is 2.33. The second-order valence-corrected chi connectivity index (χ2v) is 3.63. The average molecular weight is 222 g/mol. The van der Waals surface area contributed by atoms with Crippen LogP contribution in [0, 0.1) is 0 Å². The van der Waals surface area contributed by atoms with Gasteiger partial charge in [-0.2, -0.15) is 0 Å². The summed E-state index contributed by atoms with van der Waals surface area (Å²) in [6.07, 6.45) is 1.14. The molecule has 0 aromatic rings. The van der Waals surface area contributed by atoms with Crippen LogP contribution in [0.4, 0.5) is 0 Å². The molecule has 0 aliphatic heterocycles. The molecular weight excluding hydrogens is 208 g/mol. The minimum absolute atomic E-state index is 0.279. The van der Waals surface area contributed by atoms with E-state index in [1.165, 1.54) is 12.0 Å². The molecule has 0 rings (SSSR count). The zero-order valence-electron chi connectivity index (χ0n) is 7.35. The van der Waals surface area contributed by atoms with Crippen LogP contribution >= 0.6 is 24.1 Å². The summed E-state index contributed by atoms with van der Waals surface area (Å²) in [7, 11) is 0. The Morgan fingerprint density at radius 3 is 2.77 bits per heavy atom. The van der Waals surface area contributed by atoms with Crippen LogP contribution in [0.5, 0.6) is 0 Å². The van der Waals surface area contributed by atoms with E-state index in [0.717, 1.165) is 12.0 Å². The highest BCUT2D eigenvalue weighted by molar-refractivity contribution is 7.97. The molecule has 0 aromatic heterocycles. The molecule has 1 unspecified atom stereocenters. The van der Waals surface area contributed by atoms with Gasteiger partial charge < -0.3 is 13.5 Å². The summed E-state index contributed by atoms with van der Waals surface area (Å²) < 4.78 is 9.98. The van der Waals surface area contributed by atoms with Gasteiger partial charge in [-0.1, -0.05) is 12.7 Å². The van der Waals surface area contributed by atoms with Crippen molar-refractivity contribution in [1.82, 2.24) is 0 Å². The number of aliphatic hydroxyl groups excluding tert-OH is 1. The summed E-state index contributed by atoms with van der Waals surface area (Å²) in [5.74, 6) is 0.492. The maximum absolute atomic E-state index is 9.28. The van der Waals surface area contributed by atoms with Crippen molar-refractivity contribution in [2.75, 3.05) is 19.0 Å². The third kappa shape index (κ3) is 9.98. The van der Waals surface area contributed by atoms with Gasteiger partial charge in [0.25, 0.3) is 0 Å². The third-order valence-electron chi connectivity index (χ3n) is 0.926. The maximum Gasteiger partial charge on any atom is 0.0899 e. The van der Waals surface area contributed by atoms with Gasteiger partial charge in [0.2, 0.25) is 0 Å². The lowest BCUT2D eigenvalue weighted by molar-refractivity contribution is 0.138. The lowest BCUT2D eigenvalue weighted by Gasteiger charge is -2.07. The van der Waals surface area contributed by atoms with Gasteiger partial charge in [-0.05, 0) is 17.5 Å². The van der Waals surface area contributed by atoms with Crippen molar-refractivity contribution in [3.05, 3.63) is 24.6 Å². The molecule has 0 bridgehead atoms. The fourth-order valence-corrected chi connectivity index (χ4v) is 1.31. The average Bonchev–Trinajstić information content (AvgIpc) is 2.13. The monoisotopic (exact) mass is 222 g/mol. The van der Waals surface area contributed by atoms with Crippen LogP contribution in [0.3, 0.4) is 0 Å². The molecule has 0 aromatic carbocycles.